The van der Waals surface area contributed by atoms with E-state index in [9.17, 15) is 18.8 Å². The summed E-state index contributed by atoms with van der Waals surface area (Å²) < 4.78 is 13.7. The van der Waals surface area contributed by atoms with Gasteiger partial charge in [0.2, 0.25) is 11.8 Å². The van der Waals surface area contributed by atoms with Gasteiger partial charge < -0.3 is 15.7 Å². The number of rotatable bonds is 5. The third-order valence-electron chi connectivity index (χ3n) is 4.88. The molecule has 140 valence electrons. The maximum Gasteiger partial charge on any atom is 0.306 e. The number of nitrogens with one attached hydrogen (secondary N) is 2. The highest BCUT2D eigenvalue weighted by Crippen LogP contribution is 2.27. The van der Waals surface area contributed by atoms with Crippen LogP contribution < -0.4 is 10.6 Å². The number of carbonyl (C=O) groups is 3. The molecule has 26 heavy (non-hydrogen) atoms. The van der Waals surface area contributed by atoms with Gasteiger partial charge in [-0.25, -0.2) is 4.39 Å². The summed E-state index contributed by atoms with van der Waals surface area (Å²) in [7, 11) is 0. The Kier molecular flexibility index (Phi) is 5.80. The standard InChI is InChI=1S/C18H21FN2O4S/c19-13-4-2-1-3-10(13)8-15-17(23)21-14(9-26-15)16(22)20-12-6-5-11(7-12)18(24)25/h1-4,11-12,14-15H,5-9H2,(H,20,22)(H,21,23)(H,24,25)/t11-,12+,14?,15?/m0/s1. The van der Waals surface area contributed by atoms with Crippen LogP contribution in [0.25, 0.3) is 0 Å². The molecule has 2 aliphatic rings. The summed E-state index contributed by atoms with van der Waals surface area (Å²) in [5.41, 5.74) is 0.480. The number of carboxylic acids is 1. The smallest absolute Gasteiger partial charge is 0.306 e. The summed E-state index contributed by atoms with van der Waals surface area (Å²) >= 11 is 1.34. The zero-order valence-corrected chi connectivity index (χ0v) is 14.9. The highest BCUT2D eigenvalue weighted by atomic mass is 32.2. The Labute approximate surface area is 154 Å². The van der Waals surface area contributed by atoms with Crippen molar-refractivity contribution in [2.75, 3.05) is 5.75 Å². The average molecular weight is 380 g/mol. The van der Waals surface area contributed by atoms with E-state index in [4.69, 9.17) is 5.11 Å². The maximum atomic E-state index is 13.7. The molecule has 0 spiro atoms. The van der Waals surface area contributed by atoms with E-state index in [1.807, 2.05) is 0 Å². The van der Waals surface area contributed by atoms with E-state index in [1.54, 1.807) is 18.2 Å². The third kappa shape index (κ3) is 4.35. The average Bonchev–Trinajstić information content (AvgIpc) is 3.07. The molecule has 0 aromatic heterocycles. The lowest BCUT2D eigenvalue weighted by atomic mass is 10.1. The van der Waals surface area contributed by atoms with Crippen molar-refractivity contribution in [2.24, 2.45) is 5.92 Å². The number of amides is 2. The van der Waals surface area contributed by atoms with Crippen molar-refractivity contribution in [1.82, 2.24) is 10.6 Å². The molecule has 6 nitrogen and oxygen atoms in total. The fraction of sp³-hybridized carbons (Fsp3) is 0.500. The molecule has 1 saturated carbocycles. The molecule has 1 aromatic carbocycles. The van der Waals surface area contributed by atoms with Crippen LogP contribution in [-0.2, 0) is 20.8 Å². The molecule has 3 N–H and O–H groups in total. The number of hydrogen-bond donors (Lipinski definition) is 3. The second-order valence-electron chi connectivity index (χ2n) is 6.73. The summed E-state index contributed by atoms with van der Waals surface area (Å²) in [6.07, 6.45) is 1.88. The van der Waals surface area contributed by atoms with Crippen LogP contribution in [0.2, 0.25) is 0 Å². The zero-order valence-electron chi connectivity index (χ0n) is 14.1. The lowest BCUT2D eigenvalue weighted by Gasteiger charge is -2.29. The normalized spacial score (nSPS) is 28.4. The zero-order chi connectivity index (χ0) is 18.7. The van der Waals surface area contributed by atoms with E-state index in [-0.39, 0.29) is 30.1 Å². The third-order valence-corrected chi connectivity index (χ3v) is 6.19. The first-order valence-electron chi connectivity index (χ1n) is 8.62. The van der Waals surface area contributed by atoms with Gasteiger partial charge in [0.25, 0.3) is 0 Å². The van der Waals surface area contributed by atoms with Crippen LogP contribution in [0.5, 0.6) is 0 Å². The minimum Gasteiger partial charge on any atom is -0.481 e. The fourth-order valence-electron chi connectivity index (χ4n) is 3.39. The van der Waals surface area contributed by atoms with Crippen molar-refractivity contribution in [3.8, 4) is 0 Å². The van der Waals surface area contributed by atoms with Gasteiger partial charge in [-0.2, -0.15) is 0 Å². The molecular weight excluding hydrogens is 359 g/mol. The molecule has 0 bridgehead atoms. The Balaban J connectivity index is 1.50. The molecule has 1 aromatic rings. The van der Waals surface area contributed by atoms with Crippen LogP contribution in [0.15, 0.2) is 24.3 Å². The molecule has 2 amide bonds. The molecule has 4 atom stereocenters. The minimum atomic E-state index is -0.834. The molecule has 1 aliphatic carbocycles. The lowest BCUT2D eigenvalue weighted by molar-refractivity contribution is -0.141. The molecule has 1 heterocycles. The first-order valence-corrected chi connectivity index (χ1v) is 9.67. The summed E-state index contributed by atoms with van der Waals surface area (Å²) in [4.78, 5) is 35.6. The second-order valence-corrected chi connectivity index (χ2v) is 7.97. The predicted molar refractivity (Wildman–Crippen MR) is 95.2 cm³/mol. The monoisotopic (exact) mass is 380 g/mol. The summed E-state index contributed by atoms with van der Waals surface area (Å²) in [6, 6.07) is 5.54. The van der Waals surface area contributed by atoms with Gasteiger partial charge in [-0.3, -0.25) is 14.4 Å². The fourth-order valence-corrected chi connectivity index (χ4v) is 4.57. The van der Waals surface area contributed by atoms with E-state index in [1.165, 1.54) is 17.8 Å². The summed E-state index contributed by atoms with van der Waals surface area (Å²) in [5.74, 6) is -1.74. The van der Waals surface area contributed by atoms with Crippen molar-refractivity contribution >= 4 is 29.5 Å². The van der Waals surface area contributed by atoms with Crippen molar-refractivity contribution in [3.63, 3.8) is 0 Å². The van der Waals surface area contributed by atoms with Gasteiger partial charge in [-0.1, -0.05) is 18.2 Å². The lowest BCUT2D eigenvalue weighted by Crippen LogP contribution is -2.55. The van der Waals surface area contributed by atoms with Gasteiger partial charge in [-0.05, 0) is 37.3 Å². The number of hydrogen-bond acceptors (Lipinski definition) is 4. The Morgan fingerprint density at radius 3 is 2.73 bits per heavy atom. The maximum absolute atomic E-state index is 13.7. The van der Waals surface area contributed by atoms with Crippen LogP contribution in [0.4, 0.5) is 4.39 Å². The number of thioether (sulfide) groups is 1. The van der Waals surface area contributed by atoms with Crippen LogP contribution in [0.3, 0.4) is 0 Å². The van der Waals surface area contributed by atoms with E-state index in [2.05, 4.69) is 10.6 Å². The molecule has 8 heteroatoms. The number of carbonyl (C=O) groups excluding carboxylic acids is 2. The predicted octanol–water partition coefficient (Wildman–Crippen LogP) is 1.34. The largest absolute Gasteiger partial charge is 0.481 e. The molecular formula is C18H21FN2O4S. The highest BCUT2D eigenvalue weighted by Gasteiger charge is 2.35. The summed E-state index contributed by atoms with van der Waals surface area (Å²) in [5, 5.41) is 14.1. The first kappa shape index (κ1) is 18.7. The first-order chi connectivity index (χ1) is 12.4. The Hall–Kier alpha value is -2.09. The highest BCUT2D eigenvalue weighted by molar-refractivity contribution is 8.00. The van der Waals surface area contributed by atoms with E-state index in [0.29, 0.717) is 30.6 Å². The number of aliphatic carboxylic acids is 1. The molecule has 1 aliphatic heterocycles. The Morgan fingerprint density at radius 1 is 1.31 bits per heavy atom. The molecule has 1 saturated heterocycles. The van der Waals surface area contributed by atoms with Crippen LogP contribution in [0, 0.1) is 11.7 Å². The quantitative estimate of drug-likeness (QED) is 0.717. The Morgan fingerprint density at radius 2 is 2.08 bits per heavy atom. The van der Waals surface area contributed by atoms with Gasteiger partial charge >= 0.3 is 5.97 Å². The van der Waals surface area contributed by atoms with E-state index in [0.717, 1.165) is 0 Å². The minimum absolute atomic E-state index is 0.165. The van der Waals surface area contributed by atoms with Gasteiger partial charge in [0.15, 0.2) is 0 Å². The number of benzene rings is 1. The number of carboxylic acid groups (broad SMARTS) is 1. The Bertz CT molecular complexity index is 714. The van der Waals surface area contributed by atoms with Gasteiger partial charge in [0, 0.05) is 11.8 Å². The van der Waals surface area contributed by atoms with Gasteiger partial charge in [0.05, 0.1) is 11.2 Å². The second kappa shape index (κ2) is 8.07. The molecule has 2 fully saturated rings. The SMILES string of the molecule is O=C(N[C@@H]1CC[C@H](C(=O)O)C1)C1CSC(Cc2ccccc2F)C(=O)N1. The van der Waals surface area contributed by atoms with Crippen molar-refractivity contribution in [3.05, 3.63) is 35.6 Å². The topological polar surface area (TPSA) is 95.5 Å². The molecule has 2 unspecified atom stereocenters. The van der Waals surface area contributed by atoms with Gasteiger partial charge in [0.1, 0.15) is 11.9 Å². The molecule has 0 radical (unpaired) electrons. The van der Waals surface area contributed by atoms with Gasteiger partial charge in [-0.15, -0.1) is 11.8 Å². The van der Waals surface area contributed by atoms with E-state index >= 15 is 0 Å². The molecule has 3 rings (SSSR count). The number of halogens is 1. The summed E-state index contributed by atoms with van der Waals surface area (Å²) in [6.45, 7) is 0. The van der Waals surface area contributed by atoms with E-state index < -0.39 is 23.2 Å². The van der Waals surface area contributed by atoms with Crippen LogP contribution >= 0.6 is 11.8 Å². The van der Waals surface area contributed by atoms with Crippen molar-refractivity contribution in [1.29, 1.82) is 0 Å². The van der Waals surface area contributed by atoms with Crippen LogP contribution in [-0.4, -0.2) is 46.0 Å². The van der Waals surface area contributed by atoms with Crippen molar-refractivity contribution < 1.29 is 23.9 Å². The van der Waals surface area contributed by atoms with Crippen molar-refractivity contribution in [2.45, 2.75) is 43.0 Å². The van der Waals surface area contributed by atoms with Crippen LogP contribution in [0.1, 0.15) is 24.8 Å².